The van der Waals surface area contributed by atoms with E-state index in [1.165, 1.54) is 47.6 Å². The van der Waals surface area contributed by atoms with Gasteiger partial charge in [-0.2, -0.15) is 23.3 Å². The molecular weight excluding hydrogens is 585 g/mol. The summed E-state index contributed by atoms with van der Waals surface area (Å²) in [5.74, 6) is -0.374. The van der Waals surface area contributed by atoms with Gasteiger partial charge in [-0.05, 0) is 24.3 Å². The van der Waals surface area contributed by atoms with Crippen molar-refractivity contribution >= 4 is 48.1 Å². The molecule has 2 aromatic carbocycles. The van der Waals surface area contributed by atoms with E-state index in [1.807, 2.05) is 13.8 Å². The number of benzene rings is 2. The first-order valence-electron chi connectivity index (χ1n) is 8.98. The Morgan fingerprint density at radius 3 is 1.16 bits per heavy atom. The average Bonchev–Trinajstić information content (AvgIpc) is 3.34. The van der Waals surface area contributed by atoms with Gasteiger partial charge in [0.25, 0.3) is 0 Å². The van der Waals surface area contributed by atoms with Crippen LogP contribution >= 0.6 is 24.8 Å². The molecule has 0 heterocycles. The van der Waals surface area contributed by atoms with Crippen LogP contribution in [0.1, 0.15) is 37.8 Å². The number of rotatable bonds is 2. The molecule has 6 heteroatoms. The molecule has 0 bridgehead atoms. The van der Waals surface area contributed by atoms with Gasteiger partial charge in [0.1, 0.15) is 11.6 Å². The van der Waals surface area contributed by atoms with Crippen LogP contribution in [0.3, 0.4) is 0 Å². The maximum absolute atomic E-state index is 12.6. The van der Waals surface area contributed by atoms with E-state index in [2.05, 4.69) is 24.3 Å². The molecule has 174 valence electrons. The molecule has 0 fully saturated rings. The topological polar surface area (TPSA) is 0 Å². The first-order valence-corrected chi connectivity index (χ1v) is 19.5. The molecular formula is C26H30Cl2F2GeZr-4. The van der Waals surface area contributed by atoms with E-state index < -0.39 is 0 Å². The predicted octanol–water partition coefficient (Wildman–Crippen LogP) is 7.55. The Labute approximate surface area is 225 Å². The fourth-order valence-corrected chi connectivity index (χ4v) is 3.04. The van der Waals surface area contributed by atoms with Crippen molar-refractivity contribution in [1.29, 1.82) is 0 Å². The second-order valence-corrected chi connectivity index (χ2v) is 6.26. The summed E-state index contributed by atoms with van der Waals surface area (Å²) < 4.78 is 25.3. The van der Waals surface area contributed by atoms with Crippen LogP contribution in [0.5, 0.6) is 0 Å². The molecule has 0 N–H and O–H groups in total. The van der Waals surface area contributed by atoms with E-state index in [1.54, 1.807) is 45.9 Å². The first-order chi connectivity index (χ1) is 13.5. The minimum atomic E-state index is -0.187. The number of halogens is 4. The fourth-order valence-electron chi connectivity index (χ4n) is 3.04. The molecule has 0 unspecified atom stereocenters. The van der Waals surface area contributed by atoms with Gasteiger partial charge in [-0.25, -0.2) is 19.9 Å². The van der Waals surface area contributed by atoms with Gasteiger partial charge in [0, 0.05) is 0 Å². The Morgan fingerprint density at radius 2 is 0.938 bits per heavy atom. The Morgan fingerprint density at radius 1 is 0.656 bits per heavy atom. The van der Waals surface area contributed by atoms with E-state index in [0.29, 0.717) is 0 Å². The van der Waals surface area contributed by atoms with E-state index in [9.17, 15) is 8.78 Å². The molecule has 4 rings (SSSR count). The molecule has 0 amide bonds. The molecule has 0 aromatic heterocycles. The van der Waals surface area contributed by atoms with Crippen molar-refractivity contribution in [2.45, 2.75) is 26.7 Å². The van der Waals surface area contributed by atoms with Crippen molar-refractivity contribution in [3.05, 3.63) is 122 Å². The van der Waals surface area contributed by atoms with Crippen LogP contribution in [0.25, 0.3) is 11.1 Å². The quantitative estimate of drug-likeness (QED) is 0.242. The standard InChI is InChI=1S/2C12H10F.2CH3.2ClH.GeH2.Zr/c2*1-9-3-2-4-12(9)10-5-7-11(13)8-6-10;;;;;;/h2*4-8H,2H2,1H3;2*1H3;2*1H;1H2;/q4*-1;;;;. The zero-order valence-electron chi connectivity index (χ0n) is 19.0. The second-order valence-electron chi connectivity index (χ2n) is 6.26. The van der Waals surface area contributed by atoms with Crippen molar-refractivity contribution < 1.29 is 30.4 Å². The summed E-state index contributed by atoms with van der Waals surface area (Å²) >= 11 is 3.14. The molecule has 0 nitrogen and oxygen atoms in total. The maximum atomic E-state index is 12.6. The van der Waals surface area contributed by atoms with E-state index in [0.717, 1.165) is 35.1 Å². The van der Waals surface area contributed by atoms with Crippen LogP contribution in [0, 0.1) is 38.6 Å². The van der Waals surface area contributed by atoms with Crippen LogP contribution < -0.4 is 0 Å². The summed E-state index contributed by atoms with van der Waals surface area (Å²) in [6.07, 6.45) is 12.4. The summed E-state index contributed by atoms with van der Waals surface area (Å²) in [5, 5.41) is 0. The molecule has 0 atom stereocenters. The average molecular weight is 615 g/mol. The van der Waals surface area contributed by atoms with Gasteiger partial charge in [0.05, 0.1) is 0 Å². The third-order valence-corrected chi connectivity index (χ3v) is 4.47. The Balaban J connectivity index is -0.000000437. The van der Waals surface area contributed by atoms with Crippen LogP contribution in [-0.4, -0.2) is 12.1 Å². The van der Waals surface area contributed by atoms with Gasteiger partial charge in [0.15, 0.2) is 0 Å². The summed E-state index contributed by atoms with van der Waals surface area (Å²) in [6.45, 7) is 4.06. The van der Waals surface area contributed by atoms with Crippen molar-refractivity contribution in [3.8, 4) is 0 Å². The Hall–Kier alpha value is -0.734. The molecule has 0 spiro atoms. The van der Waals surface area contributed by atoms with Gasteiger partial charge < -0.3 is 14.9 Å². The number of allylic oxidation sites excluding steroid dienone is 8. The predicted molar refractivity (Wildman–Crippen MR) is 139 cm³/mol. The SMILES string of the molecule is CC1=[C-]CC=C1c1ccc(F)cc1.CC1=[C-]CC=C1c1ccc(F)cc1.Cl.Cl.[CH3-].[CH3-].[GeH2]=[Zr]. The fraction of sp³-hybridized carbons (Fsp3) is 0.154. The Bertz CT molecular complexity index is 854. The van der Waals surface area contributed by atoms with E-state index in [-0.39, 0.29) is 51.3 Å². The van der Waals surface area contributed by atoms with Gasteiger partial charge in [-0.1, -0.05) is 38.1 Å². The zero-order valence-corrected chi connectivity index (χ0v) is 26.0. The van der Waals surface area contributed by atoms with Crippen LogP contribution in [0.2, 0.25) is 0 Å². The van der Waals surface area contributed by atoms with Gasteiger partial charge in [-0.15, -0.1) is 48.8 Å². The minimum absolute atomic E-state index is 0. The van der Waals surface area contributed by atoms with E-state index >= 15 is 0 Å². The van der Waals surface area contributed by atoms with Crippen molar-refractivity contribution in [1.82, 2.24) is 0 Å². The molecule has 0 saturated heterocycles. The van der Waals surface area contributed by atoms with Crippen molar-refractivity contribution in [2.24, 2.45) is 0 Å². The molecule has 0 saturated carbocycles. The molecule has 2 aromatic rings. The van der Waals surface area contributed by atoms with Gasteiger partial charge in [-0.3, -0.25) is 12.2 Å². The van der Waals surface area contributed by atoms with Crippen LogP contribution in [0.15, 0.2) is 71.8 Å². The summed E-state index contributed by atoms with van der Waals surface area (Å²) in [4.78, 5) is 0. The summed E-state index contributed by atoms with van der Waals surface area (Å²) in [7, 11) is 0. The monoisotopic (exact) mass is 614 g/mol. The van der Waals surface area contributed by atoms with E-state index in [4.69, 9.17) is 0 Å². The first kappa shape index (κ1) is 35.8. The molecule has 0 aliphatic heterocycles. The molecule has 2 aliphatic carbocycles. The number of hydrogen-bond acceptors (Lipinski definition) is 0. The van der Waals surface area contributed by atoms with Crippen molar-refractivity contribution in [2.75, 3.05) is 0 Å². The molecule has 32 heavy (non-hydrogen) atoms. The molecule has 2 aliphatic rings. The number of hydrogen-bond donors (Lipinski definition) is 0. The van der Waals surface area contributed by atoms with Gasteiger partial charge >= 0.3 is 33.7 Å². The zero-order chi connectivity index (χ0) is 20.5. The molecule has 0 radical (unpaired) electrons. The van der Waals surface area contributed by atoms with Crippen LogP contribution in [-0.2, 0) is 21.6 Å². The normalized spacial score (nSPS) is 12.7. The summed E-state index contributed by atoms with van der Waals surface area (Å²) in [6, 6.07) is 13.2. The summed E-state index contributed by atoms with van der Waals surface area (Å²) in [5.41, 5.74) is 6.83. The van der Waals surface area contributed by atoms with Crippen molar-refractivity contribution in [3.63, 3.8) is 0 Å². The Kier molecular flexibility index (Phi) is 20.9. The second kappa shape index (κ2) is 18.7. The third kappa shape index (κ3) is 10.5. The van der Waals surface area contributed by atoms with Gasteiger partial charge in [0.2, 0.25) is 0 Å². The third-order valence-electron chi connectivity index (χ3n) is 4.47. The van der Waals surface area contributed by atoms with Crippen LogP contribution in [0.4, 0.5) is 8.78 Å².